The largest absolute Gasteiger partial charge is 0.301 e. The Labute approximate surface area is 363 Å². The van der Waals surface area contributed by atoms with Crippen LogP contribution in [0.5, 0.6) is 0 Å². The standard InChI is InChI=1S/C36H30NP2.2C2H5.4CO.3ClH.2Ru/c1-7-19-31(20-8-1)38(32-21-9-2-10-22-32,33-23-11-3-12-24-33)37-39(34-25-13-4-14-26-34,35-27-15-5-16-28-35)36-29-17-6-18-30-36;6*1-2;;;;;/h1-30H;2*1H2,2H3;;;;;3*1H;;/q+1;2*-1;;;;;;;;2*+2/p-3. The van der Waals surface area contributed by atoms with Crippen LogP contribution in [0.25, 0.3) is 0 Å². The zero-order chi connectivity index (χ0) is 43.1. The van der Waals surface area contributed by atoms with Crippen LogP contribution >= 0.6 is 43.2 Å². The molecule has 0 unspecified atom stereocenters. The Bertz CT molecular complexity index is 1650. The third-order valence-electron chi connectivity index (χ3n) is 7.05. The van der Waals surface area contributed by atoms with Crippen LogP contribution in [0.2, 0.25) is 0 Å². The number of nitrogens with zero attached hydrogens (tertiary/aromatic N) is 1. The maximum absolute atomic E-state index is 7.50. The molecular weight excluding hydrogens is 977 g/mol. The van der Waals surface area contributed by atoms with E-state index < -0.39 is 14.1 Å². The minimum Gasteiger partial charge on any atom is -0.148 e. The van der Waals surface area contributed by atoms with Crippen molar-refractivity contribution in [2.24, 2.45) is 0 Å². The molecule has 0 spiro atoms. The molecule has 0 atom stereocenters. The first-order chi connectivity index (χ1) is 27.8. The summed E-state index contributed by atoms with van der Waals surface area (Å²) in [6.45, 7) is 28.0. The second-order valence-corrected chi connectivity index (χ2v) is 18.4. The normalized spacial score (nSPS) is 8.86. The molecule has 0 fully saturated rings. The molecule has 0 bridgehead atoms. The van der Waals surface area contributed by atoms with E-state index in [4.69, 9.17) is 42.2 Å². The molecule has 0 aliphatic rings. The van der Waals surface area contributed by atoms with E-state index in [-0.39, 0.29) is 15.1 Å². The Kier molecular flexibility index (Phi) is 39.7. The quantitative estimate of drug-likeness (QED) is 0.0523. The minimum atomic E-state index is -2.50. The van der Waals surface area contributed by atoms with Crippen molar-refractivity contribution in [2.75, 3.05) is 0 Å². The molecule has 56 heavy (non-hydrogen) atoms. The van der Waals surface area contributed by atoms with Gasteiger partial charge in [-0.1, -0.05) is 109 Å². The molecule has 6 aromatic carbocycles. The van der Waals surface area contributed by atoms with Crippen molar-refractivity contribution in [3.8, 4) is 0 Å². The summed E-state index contributed by atoms with van der Waals surface area (Å²) >= 11 is 1.48. The van der Waals surface area contributed by atoms with Gasteiger partial charge in [-0.2, -0.15) is 13.8 Å². The number of halogens is 3. The Balaban J connectivity index is -0.00000146. The first-order valence-corrected chi connectivity index (χ1v) is 26.0. The van der Waals surface area contributed by atoms with Crippen molar-refractivity contribution >= 4 is 75.0 Å². The average molecular weight is 1020 g/mol. The molecule has 6 aromatic rings. The molecule has 0 saturated heterocycles. The Morgan fingerprint density at radius 2 is 0.482 bits per heavy atom. The maximum Gasteiger partial charge on any atom is 0.301 e. The van der Waals surface area contributed by atoms with Crippen molar-refractivity contribution < 1.29 is 51.1 Å². The average Bonchev–Trinajstić information content (AvgIpc) is 3.33. The second kappa shape index (κ2) is 38.8. The summed E-state index contributed by atoms with van der Waals surface area (Å²) in [5.74, 6) is 0. The predicted octanol–water partition coefficient (Wildman–Crippen LogP) is 10.0. The van der Waals surface area contributed by atoms with E-state index >= 15 is 0 Å². The molecule has 6 rings (SSSR count). The predicted molar refractivity (Wildman–Crippen MR) is 228 cm³/mol. The van der Waals surface area contributed by atoms with Gasteiger partial charge in [-0.25, -0.2) is 0 Å². The molecule has 0 aliphatic heterocycles. The van der Waals surface area contributed by atoms with Gasteiger partial charge in [0, 0.05) is 0 Å². The zero-order valence-electron chi connectivity index (χ0n) is 30.6. The first kappa shape index (κ1) is 57.3. The van der Waals surface area contributed by atoms with E-state index in [9.17, 15) is 0 Å². The summed E-state index contributed by atoms with van der Waals surface area (Å²) in [7, 11) is 9.28. The number of benzene rings is 6. The molecule has 0 heterocycles. The third kappa shape index (κ3) is 16.8. The van der Waals surface area contributed by atoms with Gasteiger partial charge in [-0.15, -0.1) is 4.17 Å². The molecule has 0 amide bonds. The molecule has 12 heteroatoms. The van der Waals surface area contributed by atoms with Crippen molar-refractivity contribution in [3.05, 3.63) is 222 Å². The summed E-state index contributed by atoms with van der Waals surface area (Å²) in [6.07, 6.45) is 0. The maximum atomic E-state index is 7.50. The summed E-state index contributed by atoms with van der Waals surface area (Å²) in [4.78, 5) is 0. The van der Waals surface area contributed by atoms with Gasteiger partial charge in [0.2, 0.25) is 0 Å². The molecule has 0 radical (unpaired) electrons. The smallest absolute Gasteiger partial charge is 0.148 e. The van der Waals surface area contributed by atoms with Gasteiger partial charge in [0.05, 0.1) is 31.8 Å². The van der Waals surface area contributed by atoms with Gasteiger partial charge in [0.1, 0.15) is 0 Å². The number of rotatable bonds is 6. The molecule has 0 saturated carbocycles. The van der Waals surface area contributed by atoms with Crippen molar-refractivity contribution in [1.82, 2.24) is 4.17 Å². The molecule has 0 aromatic heterocycles. The number of hydrogen-bond acceptors (Lipinski definition) is 0. The zero-order valence-corrected chi connectivity index (χ0v) is 38.1. The van der Waals surface area contributed by atoms with Crippen molar-refractivity contribution in [2.45, 2.75) is 13.8 Å². The van der Waals surface area contributed by atoms with E-state index in [0.717, 1.165) is 0 Å². The van der Waals surface area contributed by atoms with Gasteiger partial charge < -0.3 is 13.8 Å². The van der Waals surface area contributed by atoms with E-state index in [1.807, 2.05) is 17.3 Å². The fourth-order valence-electron chi connectivity index (χ4n) is 5.27. The van der Waals surface area contributed by atoms with Gasteiger partial charge in [0.25, 0.3) is 0 Å². The summed E-state index contributed by atoms with van der Waals surface area (Å²) in [5, 5.41) is 7.55. The van der Waals surface area contributed by atoms with Crippen LogP contribution in [0, 0.1) is 40.4 Å². The molecule has 5 nitrogen and oxygen atoms in total. The molecular formula is C44H40Cl3NO4P2Ru2. The van der Waals surface area contributed by atoms with E-state index in [0.29, 0.717) is 0 Å². The van der Waals surface area contributed by atoms with Gasteiger partial charge in [-0.05, 0) is 72.8 Å². The molecule has 292 valence electrons. The topological polar surface area (TPSA) is 93.7 Å². The van der Waals surface area contributed by atoms with Crippen LogP contribution < -0.4 is 36.0 Å². The van der Waals surface area contributed by atoms with Crippen molar-refractivity contribution in [1.29, 1.82) is 0 Å². The first-order valence-electron chi connectivity index (χ1n) is 15.8. The Morgan fingerprint density at radius 3 is 0.589 bits per heavy atom. The van der Waals surface area contributed by atoms with Crippen LogP contribution in [0.4, 0.5) is 0 Å². The van der Waals surface area contributed by atoms with Gasteiger partial charge in [0.15, 0.2) is 0 Å². The number of hydrogen-bond donors (Lipinski definition) is 0. The Morgan fingerprint density at radius 1 is 0.375 bits per heavy atom. The van der Waals surface area contributed by atoms with Crippen LogP contribution in [0.1, 0.15) is 13.8 Å². The summed E-state index contributed by atoms with van der Waals surface area (Å²) in [6, 6.07) is 65.7. The van der Waals surface area contributed by atoms with Crippen LogP contribution in [0.15, 0.2) is 182 Å². The fourth-order valence-corrected chi connectivity index (χ4v) is 14.8. The van der Waals surface area contributed by atoms with Crippen molar-refractivity contribution in [3.63, 3.8) is 0 Å². The van der Waals surface area contributed by atoms with Crippen LogP contribution in [0.3, 0.4) is 0 Å². The van der Waals surface area contributed by atoms with E-state index in [1.165, 1.54) is 31.8 Å². The monoisotopic (exact) mass is 1020 g/mol. The van der Waals surface area contributed by atoms with E-state index in [1.54, 1.807) is 13.8 Å². The van der Waals surface area contributed by atoms with E-state index in [2.05, 4.69) is 232 Å². The van der Waals surface area contributed by atoms with Gasteiger partial charge >= 0.3 is 121 Å². The van der Waals surface area contributed by atoms with Crippen LogP contribution in [-0.4, -0.2) is 0 Å². The van der Waals surface area contributed by atoms with Gasteiger partial charge in [-0.3, -0.25) is 0 Å². The Hall–Kier alpha value is -3.03. The second-order valence-electron chi connectivity index (χ2n) is 9.42. The van der Waals surface area contributed by atoms with Crippen LogP contribution in [-0.2, 0) is 51.1 Å². The summed E-state index contributed by atoms with van der Waals surface area (Å²) < 4.78 is 36.4. The molecule has 0 aliphatic carbocycles. The third-order valence-corrected chi connectivity index (χ3v) is 15.5. The molecule has 0 N–H and O–H groups in total. The SMILES string of the molecule is [C-]#[O+].[C-]#[O+].[C-]#[O+].[C-]#[O+].[CH2-]C.[CH2-]C.[Cl][Ru+].[Cl][Ru][Cl].c1ccc(P(=[N+]=P(c2ccccc2)(c2ccccc2)c2ccccc2)(c2ccccc2)c2ccccc2)cc1. The minimum absolute atomic E-state index is 0.346. The summed E-state index contributed by atoms with van der Waals surface area (Å²) in [5.41, 5.74) is 0. The fraction of sp³-hybridized carbons (Fsp3) is 0.0455.